The second-order valence-corrected chi connectivity index (χ2v) is 10.4. The number of nitrogens with zero attached hydrogens (tertiary/aromatic N) is 4. The molecule has 1 aromatic carbocycles. The number of hydrogen-bond acceptors (Lipinski definition) is 5. The Morgan fingerprint density at radius 1 is 1.19 bits per heavy atom. The number of carbonyl (C=O) groups is 2. The molecule has 2 fully saturated rings. The first-order valence-electron chi connectivity index (χ1n) is 13.0. The van der Waals surface area contributed by atoms with Gasteiger partial charge in [0, 0.05) is 30.8 Å². The number of hydrogen-bond donors (Lipinski definition) is 2. The summed E-state index contributed by atoms with van der Waals surface area (Å²) in [5, 5.41) is 18.2. The number of aryl methyl sites for hydroxylation is 1. The topological polar surface area (TPSA) is 109 Å². The van der Waals surface area contributed by atoms with Crippen LogP contribution in [-0.4, -0.2) is 48.6 Å². The van der Waals surface area contributed by atoms with Gasteiger partial charge in [0.2, 0.25) is 11.8 Å². The Kier molecular flexibility index (Phi) is 6.62. The fraction of sp³-hybridized carbons (Fsp3) is 0.429. The van der Waals surface area contributed by atoms with Gasteiger partial charge in [-0.15, -0.1) is 0 Å². The standard InChI is InChI=1S/C28H33N5O4/c1-17(2)16-32-26-21(13-14-23(34)31-15-7-10-22(31)19-8-5-4-6-9-19)18(3)30-33(26)28(37)24(27(32)36)25(35)29-20-11-12-20/h4-6,8-9,13-14,17,20,22,37H,7,10-12,15-16H2,1-3H3,(H,29,35)/b14-13+/t22-/m1/s1. The summed E-state index contributed by atoms with van der Waals surface area (Å²) in [6.45, 7) is 6.70. The van der Waals surface area contributed by atoms with Crippen molar-refractivity contribution in [3.8, 4) is 5.88 Å². The average Bonchev–Trinajstić information content (AvgIpc) is 3.42. The third-order valence-corrected chi connectivity index (χ3v) is 7.02. The van der Waals surface area contributed by atoms with Crippen LogP contribution in [0, 0.1) is 12.8 Å². The zero-order valence-corrected chi connectivity index (χ0v) is 21.5. The fourth-order valence-corrected chi connectivity index (χ4v) is 5.08. The first kappa shape index (κ1) is 24.8. The zero-order chi connectivity index (χ0) is 26.3. The van der Waals surface area contributed by atoms with Gasteiger partial charge >= 0.3 is 0 Å². The van der Waals surface area contributed by atoms with Crippen molar-refractivity contribution in [2.45, 2.75) is 65.1 Å². The van der Waals surface area contributed by atoms with Crippen LogP contribution >= 0.6 is 0 Å². The number of carbonyl (C=O) groups excluding carboxylic acids is 2. The maximum Gasteiger partial charge on any atom is 0.270 e. The molecule has 0 bridgehead atoms. The molecule has 2 aliphatic rings. The van der Waals surface area contributed by atoms with Gasteiger partial charge in [0.1, 0.15) is 5.65 Å². The van der Waals surface area contributed by atoms with E-state index in [9.17, 15) is 19.5 Å². The predicted octanol–water partition coefficient (Wildman–Crippen LogP) is 3.44. The number of aromatic nitrogens is 3. The highest BCUT2D eigenvalue weighted by Crippen LogP contribution is 2.32. The summed E-state index contributed by atoms with van der Waals surface area (Å²) in [5.41, 5.74) is 1.70. The van der Waals surface area contributed by atoms with Gasteiger partial charge in [0.05, 0.1) is 11.7 Å². The van der Waals surface area contributed by atoms with E-state index in [1.807, 2.05) is 49.1 Å². The average molecular weight is 504 g/mol. The van der Waals surface area contributed by atoms with Gasteiger partial charge < -0.3 is 15.3 Å². The Hall–Kier alpha value is -3.88. The molecule has 1 aliphatic carbocycles. The quantitative estimate of drug-likeness (QED) is 0.480. The number of aromatic hydroxyl groups is 1. The molecule has 1 atom stereocenters. The summed E-state index contributed by atoms with van der Waals surface area (Å²) >= 11 is 0. The van der Waals surface area contributed by atoms with Gasteiger partial charge in [0.25, 0.3) is 11.5 Å². The molecule has 1 saturated heterocycles. The SMILES string of the molecule is Cc1nn2c(O)c(C(=O)NC3CC3)c(=O)n(CC(C)C)c2c1/C=C/C(=O)N1CCC[C@@H]1c1ccccc1. The van der Waals surface area contributed by atoms with Crippen molar-refractivity contribution in [3.05, 3.63) is 69.1 Å². The molecule has 2 amide bonds. The van der Waals surface area contributed by atoms with E-state index in [2.05, 4.69) is 10.4 Å². The van der Waals surface area contributed by atoms with Crippen molar-refractivity contribution in [1.29, 1.82) is 0 Å². The molecule has 0 spiro atoms. The van der Waals surface area contributed by atoms with Gasteiger partial charge in [-0.1, -0.05) is 44.2 Å². The number of likely N-dealkylation sites (tertiary alicyclic amines) is 1. The summed E-state index contributed by atoms with van der Waals surface area (Å²) in [7, 11) is 0. The van der Waals surface area contributed by atoms with Gasteiger partial charge in [-0.25, -0.2) is 0 Å². The molecule has 2 N–H and O–H groups in total. The van der Waals surface area contributed by atoms with E-state index >= 15 is 0 Å². The molecule has 1 saturated carbocycles. The summed E-state index contributed by atoms with van der Waals surface area (Å²) in [6, 6.07) is 10.1. The lowest BCUT2D eigenvalue weighted by molar-refractivity contribution is -0.126. The van der Waals surface area contributed by atoms with Crippen molar-refractivity contribution in [3.63, 3.8) is 0 Å². The first-order chi connectivity index (χ1) is 17.8. The molecule has 9 heteroatoms. The molecule has 2 aromatic heterocycles. The van der Waals surface area contributed by atoms with Gasteiger partial charge in [-0.3, -0.25) is 19.0 Å². The summed E-state index contributed by atoms with van der Waals surface area (Å²) < 4.78 is 2.73. The van der Waals surface area contributed by atoms with Crippen LogP contribution in [0.25, 0.3) is 11.7 Å². The molecule has 0 unspecified atom stereocenters. The molecule has 194 valence electrons. The number of amides is 2. The first-order valence-corrected chi connectivity index (χ1v) is 13.0. The van der Waals surface area contributed by atoms with Gasteiger partial charge in [0.15, 0.2) is 5.56 Å². The van der Waals surface area contributed by atoms with E-state index in [0.717, 1.165) is 31.2 Å². The lowest BCUT2D eigenvalue weighted by Crippen LogP contribution is -2.36. The molecule has 9 nitrogen and oxygen atoms in total. The van der Waals surface area contributed by atoms with Crippen LogP contribution in [0.1, 0.15) is 72.8 Å². The molecule has 0 radical (unpaired) electrons. The van der Waals surface area contributed by atoms with Crippen LogP contribution in [0.15, 0.2) is 41.2 Å². The van der Waals surface area contributed by atoms with Gasteiger partial charge in [-0.2, -0.15) is 9.61 Å². The molecule has 1 aliphatic heterocycles. The zero-order valence-electron chi connectivity index (χ0n) is 21.5. The molecular weight excluding hydrogens is 470 g/mol. The van der Waals surface area contributed by atoms with E-state index in [-0.39, 0.29) is 29.5 Å². The van der Waals surface area contributed by atoms with Crippen molar-refractivity contribution in [2.75, 3.05) is 6.54 Å². The third-order valence-electron chi connectivity index (χ3n) is 7.02. The highest BCUT2D eigenvalue weighted by atomic mass is 16.3. The summed E-state index contributed by atoms with van der Waals surface area (Å²) in [6.07, 6.45) is 6.75. The van der Waals surface area contributed by atoms with E-state index in [0.29, 0.717) is 30.0 Å². The second-order valence-electron chi connectivity index (χ2n) is 10.4. The fourth-order valence-electron chi connectivity index (χ4n) is 5.08. The number of fused-ring (bicyclic) bond motifs is 1. The van der Waals surface area contributed by atoms with Crippen LogP contribution in [0.4, 0.5) is 0 Å². The Labute approximate surface area is 215 Å². The van der Waals surface area contributed by atoms with Gasteiger partial charge in [-0.05, 0) is 50.2 Å². The maximum atomic E-state index is 13.5. The highest BCUT2D eigenvalue weighted by molar-refractivity contribution is 5.97. The molecule has 3 aromatic rings. The molecule has 3 heterocycles. The number of benzene rings is 1. The van der Waals surface area contributed by atoms with E-state index < -0.39 is 17.3 Å². The van der Waals surface area contributed by atoms with Crippen molar-refractivity contribution in [1.82, 2.24) is 24.4 Å². The van der Waals surface area contributed by atoms with Crippen LogP contribution in [0.2, 0.25) is 0 Å². The van der Waals surface area contributed by atoms with Crippen LogP contribution in [-0.2, 0) is 11.3 Å². The Morgan fingerprint density at radius 3 is 2.59 bits per heavy atom. The van der Waals surface area contributed by atoms with E-state index in [1.165, 1.54) is 15.2 Å². The largest absolute Gasteiger partial charge is 0.492 e. The number of nitrogens with one attached hydrogen (secondary N) is 1. The minimum absolute atomic E-state index is 0.0269. The third kappa shape index (κ3) is 4.77. The lowest BCUT2D eigenvalue weighted by atomic mass is 10.0. The van der Waals surface area contributed by atoms with Crippen LogP contribution < -0.4 is 10.9 Å². The maximum absolute atomic E-state index is 13.5. The van der Waals surface area contributed by atoms with Crippen molar-refractivity contribution < 1.29 is 14.7 Å². The summed E-state index contributed by atoms with van der Waals surface area (Å²) in [4.78, 5) is 41.5. The summed E-state index contributed by atoms with van der Waals surface area (Å²) in [5.74, 6) is -1.11. The minimum Gasteiger partial charge on any atom is -0.492 e. The molecule has 37 heavy (non-hydrogen) atoms. The smallest absolute Gasteiger partial charge is 0.270 e. The van der Waals surface area contributed by atoms with E-state index in [4.69, 9.17) is 0 Å². The van der Waals surface area contributed by atoms with Crippen LogP contribution in [0.5, 0.6) is 5.88 Å². The van der Waals surface area contributed by atoms with Crippen molar-refractivity contribution in [2.24, 2.45) is 5.92 Å². The number of rotatable bonds is 7. The molecular formula is C28H33N5O4. The van der Waals surface area contributed by atoms with E-state index in [1.54, 1.807) is 13.0 Å². The monoisotopic (exact) mass is 503 g/mol. The minimum atomic E-state index is -0.592. The Bertz CT molecular complexity index is 1430. The predicted molar refractivity (Wildman–Crippen MR) is 140 cm³/mol. The van der Waals surface area contributed by atoms with Crippen molar-refractivity contribution >= 4 is 23.5 Å². The lowest BCUT2D eigenvalue weighted by Gasteiger charge is -2.23. The van der Waals surface area contributed by atoms with Crippen LogP contribution in [0.3, 0.4) is 0 Å². The highest BCUT2D eigenvalue weighted by Gasteiger charge is 2.31. The Morgan fingerprint density at radius 2 is 1.92 bits per heavy atom. The Balaban J connectivity index is 1.54. The second kappa shape index (κ2) is 9.88. The molecule has 5 rings (SSSR count). The normalized spacial score (nSPS) is 17.8.